The molecule has 0 aromatic heterocycles. The van der Waals surface area contributed by atoms with Crippen molar-refractivity contribution < 1.29 is 9.47 Å². The summed E-state index contributed by atoms with van der Waals surface area (Å²) < 4.78 is 10.6. The number of piperidine rings is 1. The van der Waals surface area contributed by atoms with Crippen molar-refractivity contribution in [1.82, 2.24) is 4.90 Å². The first-order chi connectivity index (χ1) is 8.31. The molecule has 1 heterocycles. The number of benzene rings is 1. The lowest BCUT2D eigenvalue weighted by Gasteiger charge is -2.31. The van der Waals surface area contributed by atoms with E-state index in [0.717, 1.165) is 38.2 Å². The fourth-order valence-corrected chi connectivity index (χ4v) is 2.33. The van der Waals surface area contributed by atoms with E-state index in [1.807, 2.05) is 13.2 Å². The van der Waals surface area contributed by atoms with Crippen LogP contribution in [0.2, 0.25) is 0 Å². The Bertz CT molecular complexity index is 346. The Labute approximate surface area is 103 Å². The Morgan fingerprint density at radius 3 is 2.65 bits per heavy atom. The minimum atomic E-state index is 0.455. The molecule has 0 spiro atoms. The fourth-order valence-electron chi connectivity index (χ4n) is 2.33. The van der Waals surface area contributed by atoms with E-state index in [1.54, 1.807) is 7.11 Å². The van der Waals surface area contributed by atoms with Gasteiger partial charge in [-0.25, -0.2) is 0 Å². The van der Waals surface area contributed by atoms with Gasteiger partial charge in [0.25, 0.3) is 0 Å². The zero-order valence-electron chi connectivity index (χ0n) is 10.7. The van der Waals surface area contributed by atoms with Gasteiger partial charge in [-0.15, -0.1) is 0 Å². The van der Waals surface area contributed by atoms with Crippen LogP contribution in [0.1, 0.15) is 18.4 Å². The number of nitrogens with zero attached hydrogens (tertiary/aromatic N) is 1. The molecule has 0 aliphatic carbocycles. The molecule has 0 saturated carbocycles. The highest BCUT2D eigenvalue weighted by Crippen LogP contribution is 2.18. The molecule has 1 fully saturated rings. The molecule has 0 N–H and O–H groups in total. The Morgan fingerprint density at radius 1 is 1.24 bits per heavy atom. The predicted molar refractivity (Wildman–Crippen MR) is 68.3 cm³/mol. The van der Waals surface area contributed by atoms with Crippen molar-refractivity contribution in [2.75, 3.05) is 27.3 Å². The lowest BCUT2D eigenvalue weighted by molar-refractivity contribution is 0.0388. The van der Waals surface area contributed by atoms with Crippen LogP contribution in [0.4, 0.5) is 0 Å². The van der Waals surface area contributed by atoms with Crippen LogP contribution in [0.25, 0.3) is 0 Å². The van der Waals surface area contributed by atoms with Crippen LogP contribution in [-0.2, 0) is 11.3 Å². The third-order valence-corrected chi connectivity index (χ3v) is 3.41. The number of ether oxygens (including phenoxy) is 2. The molecule has 1 aliphatic heterocycles. The Morgan fingerprint density at radius 2 is 2.00 bits per heavy atom. The van der Waals surface area contributed by atoms with Gasteiger partial charge in [0.05, 0.1) is 13.2 Å². The third kappa shape index (κ3) is 3.45. The lowest BCUT2D eigenvalue weighted by atomic mass is 10.1. The maximum atomic E-state index is 5.38. The monoisotopic (exact) mass is 235 g/mol. The van der Waals surface area contributed by atoms with Crippen molar-refractivity contribution in [3.05, 3.63) is 29.8 Å². The molecule has 1 saturated heterocycles. The summed E-state index contributed by atoms with van der Waals surface area (Å²) in [5.74, 6) is 0.939. The van der Waals surface area contributed by atoms with Crippen molar-refractivity contribution >= 4 is 0 Å². The van der Waals surface area contributed by atoms with Crippen LogP contribution in [-0.4, -0.2) is 38.3 Å². The molecular formula is C14H21NO2. The van der Waals surface area contributed by atoms with E-state index in [9.17, 15) is 0 Å². The van der Waals surface area contributed by atoms with Crippen LogP contribution in [0.3, 0.4) is 0 Å². The van der Waals surface area contributed by atoms with Gasteiger partial charge in [-0.2, -0.15) is 0 Å². The largest absolute Gasteiger partial charge is 0.497 e. The number of likely N-dealkylation sites (tertiary alicyclic amines) is 1. The number of hydrogen-bond donors (Lipinski definition) is 0. The van der Waals surface area contributed by atoms with Crippen molar-refractivity contribution in [2.24, 2.45) is 0 Å². The van der Waals surface area contributed by atoms with Crippen LogP contribution >= 0.6 is 0 Å². The minimum Gasteiger partial charge on any atom is -0.497 e. The van der Waals surface area contributed by atoms with Crippen LogP contribution < -0.4 is 4.74 Å². The van der Waals surface area contributed by atoms with Gasteiger partial charge in [0.2, 0.25) is 0 Å². The average molecular weight is 235 g/mol. The molecule has 1 aromatic rings. The molecular weight excluding hydrogens is 214 g/mol. The Balaban J connectivity index is 1.88. The van der Waals surface area contributed by atoms with Gasteiger partial charge in [0.1, 0.15) is 5.75 Å². The molecule has 0 unspecified atom stereocenters. The van der Waals surface area contributed by atoms with Gasteiger partial charge in [0, 0.05) is 26.7 Å². The smallest absolute Gasteiger partial charge is 0.119 e. The zero-order valence-corrected chi connectivity index (χ0v) is 10.7. The lowest BCUT2D eigenvalue weighted by Crippen LogP contribution is -2.36. The van der Waals surface area contributed by atoms with Crippen molar-refractivity contribution in [3.8, 4) is 5.75 Å². The highest BCUT2D eigenvalue weighted by Gasteiger charge is 2.18. The zero-order chi connectivity index (χ0) is 12.1. The van der Waals surface area contributed by atoms with E-state index in [4.69, 9.17) is 9.47 Å². The van der Waals surface area contributed by atoms with E-state index in [1.165, 1.54) is 5.56 Å². The van der Waals surface area contributed by atoms with E-state index in [-0.39, 0.29) is 0 Å². The maximum absolute atomic E-state index is 5.38. The molecule has 0 radical (unpaired) electrons. The van der Waals surface area contributed by atoms with Crippen molar-refractivity contribution in [3.63, 3.8) is 0 Å². The van der Waals surface area contributed by atoms with Crippen molar-refractivity contribution in [2.45, 2.75) is 25.5 Å². The Hall–Kier alpha value is -1.06. The molecule has 1 aliphatic rings. The third-order valence-electron chi connectivity index (χ3n) is 3.41. The number of methoxy groups -OCH3 is 2. The van der Waals surface area contributed by atoms with Crippen LogP contribution in [0.15, 0.2) is 24.3 Å². The fraction of sp³-hybridized carbons (Fsp3) is 0.571. The highest BCUT2D eigenvalue weighted by atomic mass is 16.5. The quantitative estimate of drug-likeness (QED) is 0.799. The van der Waals surface area contributed by atoms with E-state index < -0.39 is 0 Å². The van der Waals surface area contributed by atoms with Gasteiger partial charge in [-0.3, -0.25) is 4.90 Å². The second kappa shape index (κ2) is 6.03. The normalized spacial score (nSPS) is 18.2. The highest BCUT2D eigenvalue weighted by molar-refractivity contribution is 5.28. The molecule has 3 nitrogen and oxygen atoms in total. The summed E-state index contributed by atoms with van der Waals surface area (Å²) in [6.07, 6.45) is 2.73. The molecule has 1 aromatic carbocycles. The molecule has 0 amide bonds. The predicted octanol–water partition coefficient (Wildman–Crippen LogP) is 2.31. The van der Waals surface area contributed by atoms with E-state index >= 15 is 0 Å². The summed E-state index contributed by atoms with van der Waals surface area (Å²) in [5.41, 5.74) is 1.32. The minimum absolute atomic E-state index is 0.455. The number of hydrogen-bond acceptors (Lipinski definition) is 3. The average Bonchev–Trinajstić information content (AvgIpc) is 2.40. The first kappa shape index (κ1) is 12.4. The summed E-state index contributed by atoms with van der Waals surface area (Å²) in [7, 11) is 3.52. The van der Waals surface area contributed by atoms with Gasteiger partial charge in [0.15, 0.2) is 0 Å². The SMILES string of the molecule is COc1cccc(CN2CCC(OC)CC2)c1. The molecule has 17 heavy (non-hydrogen) atoms. The first-order valence-electron chi connectivity index (χ1n) is 6.20. The van der Waals surface area contributed by atoms with Crippen LogP contribution in [0, 0.1) is 0 Å². The standard InChI is InChI=1S/C14H21NO2/c1-16-13-6-8-15(9-7-13)11-12-4-3-5-14(10-12)17-2/h3-5,10,13H,6-9,11H2,1-2H3. The van der Waals surface area contributed by atoms with Crippen molar-refractivity contribution in [1.29, 1.82) is 0 Å². The van der Waals surface area contributed by atoms with Gasteiger partial charge < -0.3 is 9.47 Å². The van der Waals surface area contributed by atoms with E-state index in [0.29, 0.717) is 6.10 Å². The van der Waals surface area contributed by atoms with Gasteiger partial charge >= 0.3 is 0 Å². The summed E-state index contributed by atoms with van der Waals surface area (Å²) in [5, 5.41) is 0. The second-order valence-corrected chi connectivity index (χ2v) is 4.56. The molecule has 0 atom stereocenters. The maximum Gasteiger partial charge on any atom is 0.119 e. The van der Waals surface area contributed by atoms with Gasteiger partial charge in [-0.05, 0) is 30.5 Å². The van der Waals surface area contributed by atoms with E-state index in [2.05, 4.69) is 23.1 Å². The first-order valence-corrected chi connectivity index (χ1v) is 6.20. The topological polar surface area (TPSA) is 21.7 Å². The van der Waals surface area contributed by atoms with Crippen LogP contribution in [0.5, 0.6) is 5.75 Å². The summed E-state index contributed by atoms with van der Waals surface area (Å²) >= 11 is 0. The second-order valence-electron chi connectivity index (χ2n) is 4.56. The summed E-state index contributed by atoms with van der Waals surface area (Å²) in [6, 6.07) is 8.31. The molecule has 2 rings (SSSR count). The molecule has 94 valence electrons. The summed E-state index contributed by atoms with van der Waals surface area (Å²) in [4.78, 5) is 2.48. The molecule has 3 heteroatoms. The summed E-state index contributed by atoms with van der Waals surface area (Å²) in [6.45, 7) is 3.25. The molecule has 0 bridgehead atoms. The Kier molecular flexibility index (Phi) is 4.40. The number of rotatable bonds is 4. The van der Waals surface area contributed by atoms with Gasteiger partial charge in [-0.1, -0.05) is 12.1 Å².